The lowest BCUT2D eigenvalue weighted by Crippen LogP contribution is -2.50. The third-order valence-corrected chi connectivity index (χ3v) is 8.66. The van der Waals surface area contributed by atoms with E-state index in [1.165, 1.54) is 18.1 Å². The molecule has 0 saturated heterocycles. The van der Waals surface area contributed by atoms with Gasteiger partial charge in [0.25, 0.3) is 0 Å². The van der Waals surface area contributed by atoms with Gasteiger partial charge in [-0.15, -0.1) is 0 Å². The molecule has 0 aliphatic heterocycles. The molecule has 0 unspecified atom stereocenters. The smallest absolute Gasteiger partial charge is 0.162 e. The van der Waals surface area contributed by atoms with Crippen LogP contribution in [0.4, 0.5) is 0 Å². The predicted molar refractivity (Wildman–Crippen MR) is 98.0 cm³/mol. The van der Waals surface area contributed by atoms with E-state index >= 15 is 0 Å². The van der Waals surface area contributed by atoms with Gasteiger partial charge in [0.2, 0.25) is 0 Å². The number of fused-ring (bicyclic) bond motifs is 5. The standard InChI is InChI=1S/C22H32O3/c1-21-10-7-15(24)13-14(21)3-4-16-17-5-6-19(20(25)9-12-23)22(17,2)11-8-18(16)21/h3,9,12,15-19,23-24H,4-8,10-11,13H2,1-2H3/b12-9-/t15-,16-,17-,18-,19+,21-,22-/m0/s1. The van der Waals surface area contributed by atoms with E-state index < -0.39 is 0 Å². The van der Waals surface area contributed by atoms with E-state index in [0.29, 0.717) is 17.8 Å². The van der Waals surface area contributed by atoms with E-state index in [1.807, 2.05) is 0 Å². The van der Waals surface area contributed by atoms with Gasteiger partial charge in [-0.1, -0.05) is 25.5 Å². The molecular formula is C22H32O3. The lowest BCUT2D eigenvalue weighted by Gasteiger charge is -2.57. The van der Waals surface area contributed by atoms with Crippen molar-refractivity contribution in [3.8, 4) is 0 Å². The molecule has 25 heavy (non-hydrogen) atoms. The van der Waals surface area contributed by atoms with Crippen LogP contribution < -0.4 is 0 Å². The second kappa shape index (κ2) is 5.97. The molecule has 138 valence electrons. The van der Waals surface area contributed by atoms with Crippen LogP contribution in [-0.2, 0) is 4.79 Å². The molecule has 0 aromatic carbocycles. The number of hydrogen-bond acceptors (Lipinski definition) is 3. The number of rotatable bonds is 2. The molecular weight excluding hydrogens is 312 g/mol. The van der Waals surface area contributed by atoms with E-state index in [2.05, 4.69) is 19.9 Å². The number of aliphatic hydroxyl groups is 2. The summed E-state index contributed by atoms with van der Waals surface area (Å²) >= 11 is 0. The number of allylic oxidation sites excluding steroid dienone is 2. The topological polar surface area (TPSA) is 57.5 Å². The van der Waals surface area contributed by atoms with Gasteiger partial charge in [0, 0.05) is 12.0 Å². The molecule has 0 radical (unpaired) electrons. The van der Waals surface area contributed by atoms with Crippen LogP contribution in [-0.4, -0.2) is 22.1 Å². The van der Waals surface area contributed by atoms with Crippen LogP contribution >= 0.6 is 0 Å². The quantitative estimate of drug-likeness (QED) is 0.438. The Balaban J connectivity index is 1.63. The first-order chi connectivity index (χ1) is 11.9. The monoisotopic (exact) mass is 344 g/mol. The second-order valence-electron chi connectivity index (χ2n) is 9.55. The Kier molecular flexibility index (Phi) is 4.14. The van der Waals surface area contributed by atoms with Gasteiger partial charge in [-0.25, -0.2) is 0 Å². The summed E-state index contributed by atoms with van der Waals surface area (Å²) in [5.74, 6) is 2.20. The molecule has 7 atom stereocenters. The van der Waals surface area contributed by atoms with Gasteiger partial charge in [-0.2, -0.15) is 0 Å². The number of hydrogen-bond donors (Lipinski definition) is 2. The van der Waals surface area contributed by atoms with Crippen molar-refractivity contribution >= 4 is 5.78 Å². The molecule has 0 heterocycles. The highest BCUT2D eigenvalue weighted by molar-refractivity contribution is 5.92. The third-order valence-electron chi connectivity index (χ3n) is 8.66. The van der Waals surface area contributed by atoms with Crippen molar-refractivity contribution in [3.63, 3.8) is 0 Å². The largest absolute Gasteiger partial charge is 0.515 e. The Hall–Kier alpha value is -1.09. The summed E-state index contributed by atoms with van der Waals surface area (Å²) in [4.78, 5) is 12.5. The first-order valence-corrected chi connectivity index (χ1v) is 10.1. The summed E-state index contributed by atoms with van der Waals surface area (Å²) in [6.45, 7) is 4.77. The molecule has 3 saturated carbocycles. The molecule has 3 heteroatoms. The lowest BCUT2D eigenvalue weighted by atomic mass is 9.47. The van der Waals surface area contributed by atoms with Crippen molar-refractivity contribution in [2.24, 2.45) is 34.5 Å². The van der Waals surface area contributed by atoms with E-state index in [4.69, 9.17) is 5.11 Å². The highest BCUT2D eigenvalue weighted by Crippen LogP contribution is 2.66. The van der Waals surface area contributed by atoms with Gasteiger partial charge in [0.15, 0.2) is 5.78 Å². The summed E-state index contributed by atoms with van der Waals surface area (Å²) in [5.41, 5.74) is 1.86. The highest BCUT2D eigenvalue weighted by Gasteiger charge is 2.59. The lowest BCUT2D eigenvalue weighted by molar-refractivity contribution is -0.125. The van der Waals surface area contributed by atoms with Gasteiger partial charge in [-0.05, 0) is 80.0 Å². The summed E-state index contributed by atoms with van der Waals surface area (Å²) in [5, 5.41) is 19.1. The molecule has 2 N–H and O–H groups in total. The first-order valence-electron chi connectivity index (χ1n) is 10.1. The molecule has 3 fully saturated rings. The van der Waals surface area contributed by atoms with Crippen molar-refractivity contribution in [2.75, 3.05) is 0 Å². The zero-order chi connectivity index (χ0) is 17.8. The van der Waals surface area contributed by atoms with Crippen LogP contribution in [0.15, 0.2) is 24.0 Å². The zero-order valence-corrected chi connectivity index (χ0v) is 15.6. The van der Waals surface area contributed by atoms with Crippen LogP contribution in [0.5, 0.6) is 0 Å². The average Bonchev–Trinajstić information content (AvgIpc) is 2.93. The van der Waals surface area contributed by atoms with E-state index in [0.717, 1.165) is 51.2 Å². The maximum atomic E-state index is 12.5. The molecule has 0 amide bonds. The predicted octanol–water partition coefficient (Wildman–Crippen LogP) is 4.57. The van der Waals surface area contributed by atoms with Crippen LogP contribution in [0, 0.1) is 34.5 Å². The first kappa shape index (κ1) is 17.3. The van der Waals surface area contributed by atoms with Gasteiger partial charge >= 0.3 is 0 Å². The van der Waals surface area contributed by atoms with Gasteiger partial charge in [0.1, 0.15) is 0 Å². The molecule has 0 bridgehead atoms. The normalized spacial score (nSPS) is 49.2. The fourth-order valence-electron chi connectivity index (χ4n) is 7.30. The minimum Gasteiger partial charge on any atom is -0.515 e. The average molecular weight is 344 g/mol. The van der Waals surface area contributed by atoms with E-state index in [1.54, 1.807) is 0 Å². The van der Waals surface area contributed by atoms with Crippen LogP contribution in [0.2, 0.25) is 0 Å². The number of aliphatic hydroxyl groups excluding tert-OH is 2. The Morgan fingerprint density at radius 3 is 2.72 bits per heavy atom. The van der Waals surface area contributed by atoms with Gasteiger partial charge in [-0.3, -0.25) is 4.79 Å². The summed E-state index contributed by atoms with van der Waals surface area (Å²) < 4.78 is 0. The third kappa shape index (κ3) is 2.45. The molecule has 4 aliphatic rings. The summed E-state index contributed by atoms with van der Waals surface area (Å²) in [6, 6.07) is 0. The fraction of sp³-hybridized carbons (Fsp3) is 0.773. The molecule has 4 rings (SSSR count). The Labute approximate surface area is 151 Å². The SMILES string of the molecule is C[C@]12CC[C@H]3[C@@H](CC=C4C[C@@H](O)CC[C@@]43C)[C@@H]1CC[C@@H]2C(=O)/C=C\O. The molecule has 0 aromatic rings. The van der Waals surface area contributed by atoms with E-state index in [-0.39, 0.29) is 28.6 Å². The van der Waals surface area contributed by atoms with Crippen molar-refractivity contribution in [1.29, 1.82) is 0 Å². The second-order valence-corrected chi connectivity index (χ2v) is 9.55. The molecule has 4 aliphatic carbocycles. The van der Waals surface area contributed by atoms with Gasteiger partial charge in [0.05, 0.1) is 12.4 Å². The fourth-order valence-corrected chi connectivity index (χ4v) is 7.30. The van der Waals surface area contributed by atoms with E-state index in [9.17, 15) is 9.90 Å². The number of carbonyl (C=O) groups excluding carboxylic acids is 1. The minimum absolute atomic E-state index is 0.0770. The van der Waals surface area contributed by atoms with Crippen molar-refractivity contribution in [2.45, 2.75) is 71.3 Å². The van der Waals surface area contributed by atoms with Crippen LogP contribution in [0.3, 0.4) is 0 Å². The zero-order valence-electron chi connectivity index (χ0n) is 15.6. The summed E-state index contributed by atoms with van der Waals surface area (Å²) in [7, 11) is 0. The van der Waals surface area contributed by atoms with Crippen molar-refractivity contribution < 1.29 is 15.0 Å². The van der Waals surface area contributed by atoms with Crippen LogP contribution in [0.1, 0.15) is 65.2 Å². The number of carbonyl (C=O) groups is 1. The Bertz CT molecular complexity index is 621. The maximum absolute atomic E-state index is 12.5. The van der Waals surface area contributed by atoms with Crippen molar-refractivity contribution in [1.82, 2.24) is 0 Å². The minimum atomic E-state index is -0.150. The Morgan fingerprint density at radius 1 is 1.16 bits per heavy atom. The molecule has 0 aromatic heterocycles. The number of ketones is 1. The maximum Gasteiger partial charge on any atom is 0.162 e. The summed E-state index contributed by atoms with van der Waals surface area (Å²) in [6.07, 6.45) is 13.1. The Morgan fingerprint density at radius 2 is 1.96 bits per heavy atom. The molecule has 0 spiro atoms. The highest BCUT2D eigenvalue weighted by atomic mass is 16.3. The van der Waals surface area contributed by atoms with Gasteiger partial charge < -0.3 is 10.2 Å². The van der Waals surface area contributed by atoms with Crippen LogP contribution in [0.25, 0.3) is 0 Å². The van der Waals surface area contributed by atoms with Crippen molar-refractivity contribution in [3.05, 3.63) is 24.0 Å². The molecule has 3 nitrogen and oxygen atoms in total.